The maximum Gasteiger partial charge on any atom is 0.490 e. The minimum atomic E-state index is -5.08. The first-order valence-electron chi connectivity index (χ1n) is 11.5. The van der Waals surface area contributed by atoms with Crippen molar-refractivity contribution in [3.05, 3.63) is 52.9 Å². The topological polar surface area (TPSA) is 138 Å². The number of anilines is 2. The highest BCUT2D eigenvalue weighted by Crippen LogP contribution is 2.36. The lowest BCUT2D eigenvalue weighted by Gasteiger charge is -2.12. The van der Waals surface area contributed by atoms with Gasteiger partial charge in [-0.2, -0.15) is 13.2 Å². The summed E-state index contributed by atoms with van der Waals surface area (Å²) in [6.45, 7) is 3.59. The van der Waals surface area contributed by atoms with E-state index in [0.29, 0.717) is 16.4 Å². The van der Waals surface area contributed by atoms with Gasteiger partial charge in [0.25, 0.3) is 10.0 Å². The average Bonchev–Trinajstić information content (AvgIpc) is 3.51. The van der Waals surface area contributed by atoms with Crippen molar-refractivity contribution in [2.45, 2.75) is 50.6 Å². The Morgan fingerprint density at radius 1 is 1.13 bits per heavy atom. The molecule has 39 heavy (non-hydrogen) atoms. The number of amides is 1. The van der Waals surface area contributed by atoms with E-state index in [-0.39, 0.29) is 21.9 Å². The third-order valence-electron chi connectivity index (χ3n) is 5.71. The fourth-order valence-electron chi connectivity index (χ4n) is 3.79. The highest BCUT2D eigenvalue weighted by molar-refractivity contribution is 7.92. The van der Waals surface area contributed by atoms with Crippen LogP contribution in [0.5, 0.6) is 0 Å². The number of benzene rings is 1. The van der Waals surface area contributed by atoms with Crippen molar-refractivity contribution >= 4 is 55.7 Å². The average molecular weight is 605 g/mol. The molecule has 1 fully saturated rings. The number of aryl methyl sites for hydroxylation is 2. The van der Waals surface area contributed by atoms with Crippen LogP contribution in [0.1, 0.15) is 36.9 Å². The largest absolute Gasteiger partial charge is 0.490 e. The number of alkyl halides is 3. The Morgan fingerprint density at radius 3 is 2.33 bits per heavy atom. The van der Waals surface area contributed by atoms with Crippen molar-refractivity contribution in [3.63, 3.8) is 0 Å². The molecule has 1 aromatic carbocycles. The van der Waals surface area contributed by atoms with Gasteiger partial charge in [-0.15, -0.1) is 0 Å². The van der Waals surface area contributed by atoms with Crippen molar-refractivity contribution in [2.24, 2.45) is 5.92 Å². The fraction of sp³-hybridized carbons (Fsp3) is 0.333. The third kappa shape index (κ3) is 8.13. The lowest BCUT2D eigenvalue weighted by atomic mass is 10.1. The number of carboxylic acid groups (broad SMARTS) is 1. The SMILES string of the molecule is Cc1ccc(-c2sc(NC(=O)C3CCCC3)nc2C)cc1S(=O)(=O)Nc1ccc(Cl)nc1.O=C(O)C(F)(F)F. The molecule has 2 heterocycles. The normalized spacial score (nSPS) is 13.9. The number of halogens is 4. The molecule has 0 spiro atoms. The van der Waals surface area contributed by atoms with Crippen molar-refractivity contribution in [2.75, 3.05) is 10.0 Å². The van der Waals surface area contributed by atoms with Gasteiger partial charge >= 0.3 is 12.1 Å². The molecule has 15 heteroatoms. The van der Waals surface area contributed by atoms with Crippen LogP contribution in [0.4, 0.5) is 24.0 Å². The van der Waals surface area contributed by atoms with E-state index in [9.17, 15) is 26.4 Å². The van der Waals surface area contributed by atoms with Crippen LogP contribution < -0.4 is 10.0 Å². The zero-order valence-corrected chi connectivity index (χ0v) is 23.1. The number of carboxylic acids is 1. The molecule has 1 aliphatic carbocycles. The fourth-order valence-corrected chi connectivity index (χ4v) is 6.18. The molecule has 9 nitrogen and oxygen atoms in total. The van der Waals surface area contributed by atoms with E-state index in [1.54, 1.807) is 25.1 Å². The van der Waals surface area contributed by atoms with Gasteiger partial charge in [0, 0.05) is 5.92 Å². The number of carbonyl (C=O) groups is 2. The molecular formula is C24H24ClF3N4O5S2. The number of nitrogens with one attached hydrogen (secondary N) is 2. The number of thiazole rings is 1. The van der Waals surface area contributed by atoms with Crippen LogP contribution in [0, 0.1) is 19.8 Å². The van der Waals surface area contributed by atoms with Gasteiger partial charge in [0.2, 0.25) is 5.91 Å². The second kappa shape index (κ2) is 12.3. The second-order valence-corrected chi connectivity index (χ2v) is 11.7. The van der Waals surface area contributed by atoms with E-state index in [1.165, 1.54) is 23.6 Å². The van der Waals surface area contributed by atoms with Crippen LogP contribution >= 0.6 is 22.9 Å². The van der Waals surface area contributed by atoms with E-state index in [0.717, 1.165) is 41.8 Å². The molecule has 0 saturated heterocycles. The minimum absolute atomic E-state index is 0.00995. The number of rotatable bonds is 6. The monoisotopic (exact) mass is 604 g/mol. The maximum atomic E-state index is 13.0. The molecule has 0 radical (unpaired) electrons. The molecule has 1 saturated carbocycles. The highest BCUT2D eigenvalue weighted by Gasteiger charge is 2.38. The van der Waals surface area contributed by atoms with E-state index >= 15 is 0 Å². The van der Waals surface area contributed by atoms with Gasteiger partial charge in [-0.1, -0.05) is 47.9 Å². The quantitative estimate of drug-likeness (QED) is 0.292. The van der Waals surface area contributed by atoms with Gasteiger partial charge in [0.1, 0.15) is 5.15 Å². The van der Waals surface area contributed by atoms with Crippen LogP contribution in [0.25, 0.3) is 10.4 Å². The predicted octanol–water partition coefficient (Wildman–Crippen LogP) is 6.04. The summed E-state index contributed by atoms with van der Waals surface area (Å²) in [5, 5.41) is 10.9. The van der Waals surface area contributed by atoms with Gasteiger partial charge in [-0.25, -0.2) is 23.2 Å². The summed E-state index contributed by atoms with van der Waals surface area (Å²) in [6.07, 6.45) is 0.282. The lowest BCUT2D eigenvalue weighted by Crippen LogP contribution is -2.21. The van der Waals surface area contributed by atoms with Crippen LogP contribution in [0.2, 0.25) is 5.15 Å². The van der Waals surface area contributed by atoms with Crippen LogP contribution in [0.15, 0.2) is 41.4 Å². The molecule has 1 amide bonds. The molecule has 0 aliphatic heterocycles. The van der Waals surface area contributed by atoms with Crippen molar-refractivity contribution in [3.8, 4) is 10.4 Å². The number of aromatic nitrogens is 2. The summed E-state index contributed by atoms with van der Waals surface area (Å²) < 4.78 is 60.3. The molecule has 3 aromatic rings. The summed E-state index contributed by atoms with van der Waals surface area (Å²) in [5.74, 6) is -2.70. The van der Waals surface area contributed by atoms with E-state index < -0.39 is 22.2 Å². The molecule has 1 aliphatic rings. The predicted molar refractivity (Wildman–Crippen MR) is 141 cm³/mol. The Morgan fingerprint density at radius 2 is 1.77 bits per heavy atom. The molecule has 3 N–H and O–H groups in total. The Kier molecular flexibility index (Phi) is 9.56. The molecule has 0 bridgehead atoms. The van der Waals surface area contributed by atoms with E-state index in [2.05, 4.69) is 20.0 Å². The highest BCUT2D eigenvalue weighted by atomic mass is 35.5. The Labute approximate surface area is 231 Å². The van der Waals surface area contributed by atoms with Gasteiger partial charge < -0.3 is 10.4 Å². The van der Waals surface area contributed by atoms with E-state index in [1.807, 2.05) is 13.0 Å². The summed E-state index contributed by atoms with van der Waals surface area (Å²) in [5.41, 5.74) is 2.39. The molecule has 0 atom stereocenters. The zero-order chi connectivity index (χ0) is 29.0. The van der Waals surface area contributed by atoms with Gasteiger partial charge in [-0.3, -0.25) is 9.52 Å². The first-order chi connectivity index (χ1) is 18.2. The number of sulfonamides is 1. The number of pyridine rings is 1. The van der Waals surface area contributed by atoms with Gasteiger partial charge in [0.15, 0.2) is 5.13 Å². The number of hydrogen-bond acceptors (Lipinski definition) is 7. The Balaban J connectivity index is 0.000000532. The summed E-state index contributed by atoms with van der Waals surface area (Å²) >= 11 is 7.13. The first-order valence-corrected chi connectivity index (χ1v) is 14.2. The maximum absolute atomic E-state index is 13.0. The Hall–Kier alpha value is -3.23. The molecule has 2 aromatic heterocycles. The van der Waals surface area contributed by atoms with Crippen molar-refractivity contribution in [1.82, 2.24) is 9.97 Å². The minimum Gasteiger partial charge on any atom is -0.475 e. The third-order valence-corrected chi connectivity index (χ3v) is 8.58. The van der Waals surface area contributed by atoms with Crippen molar-refractivity contribution in [1.29, 1.82) is 0 Å². The summed E-state index contributed by atoms with van der Waals surface area (Å²) in [6, 6.07) is 8.33. The van der Waals surface area contributed by atoms with Crippen LogP contribution in [-0.2, 0) is 19.6 Å². The van der Waals surface area contributed by atoms with Crippen LogP contribution in [-0.4, -0.2) is 41.5 Å². The van der Waals surface area contributed by atoms with Gasteiger partial charge in [-0.05, 0) is 56.0 Å². The number of carbonyl (C=O) groups excluding carboxylic acids is 1. The van der Waals surface area contributed by atoms with Gasteiger partial charge in [0.05, 0.1) is 27.4 Å². The molecule has 0 unspecified atom stereocenters. The molecule has 210 valence electrons. The second-order valence-electron chi connectivity index (χ2n) is 8.66. The zero-order valence-electron chi connectivity index (χ0n) is 20.7. The summed E-state index contributed by atoms with van der Waals surface area (Å²) in [4.78, 5) is 30.7. The lowest BCUT2D eigenvalue weighted by molar-refractivity contribution is -0.192. The number of hydrogen-bond donors (Lipinski definition) is 3. The van der Waals surface area contributed by atoms with Crippen molar-refractivity contribution < 1.29 is 36.3 Å². The summed E-state index contributed by atoms with van der Waals surface area (Å²) in [7, 11) is -3.84. The molecular weight excluding hydrogens is 581 g/mol. The smallest absolute Gasteiger partial charge is 0.475 e. The number of aliphatic carboxylic acids is 1. The molecule has 4 rings (SSSR count). The van der Waals surface area contributed by atoms with Crippen LogP contribution in [0.3, 0.4) is 0 Å². The Bertz CT molecular complexity index is 1460. The number of nitrogens with zero attached hydrogens (tertiary/aromatic N) is 2. The van der Waals surface area contributed by atoms with E-state index in [4.69, 9.17) is 21.5 Å². The standard InChI is InChI=1S/C22H23ClN4O3S2.C2HF3O2/c1-13-7-8-16(11-18(13)32(29,30)27-17-9-10-19(23)24-12-17)20-14(2)25-22(31-20)26-21(28)15-5-3-4-6-15;3-2(4,5)1(6)7/h7-12,15,27H,3-6H2,1-2H3,(H,25,26,28);(H,6,7). The first kappa shape index (κ1) is 30.3.